The minimum atomic E-state index is 0.419. The van der Waals surface area contributed by atoms with Crippen LogP contribution in [0.25, 0.3) is 0 Å². The lowest BCUT2D eigenvalue weighted by Gasteiger charge is -2.20. The highest BCUT2D eigenvalue weighted by Crippen LogP contribution is 2.44. The number of rotatable bonds is 3. The van der Waals surface area contributed by atoms with E-state index in [1.54, 1.807) is 7.11 Å². The van der Waals surface area contributed by atoms with Crippen LogP contribution >= 0.6 is 31.9 Å². The van der Waals surface area contributed by atoms with E-state index in [0.717, 1.165) is 16.1 Å². The zero-order valence-corrected chi connectivity index (χ0v) is 12.6. The van der Waals surface area contributed by atoms with Crippen molar-refractivity contribution in [2.24, 2.45) is 5.92 Å². The standard InChI is InChI=1S/C13H16Br2O/c1-16-12-7-6-10(14)8-11(12)13(15)9-4-2-3-5-9/h6-9,13H,2-5H2,1H3. The maximum atomic E-state index is 5.43. The third-order valence-corrected chi connectivity index (χ3v) is 5.04. The van der Waals surface area contributed by atoms with Crippen molar-refractivity contribution in [1.82, 2.24) is 0 Å². The van der Waals surface area contributed by atoms with Crippen LogP contribution in [0.15, 0.2) is 22.7 Å². The maximum absolute atomic E-state index is 5.43. The lowest BCUT2D eigenvalue weighted by molar-refractivity contribution is 0.403. The van der Waals surface area contributed by atoms with E-state index in [2.05, 4.69) is 37.9 Å². The minimum Gasteiger partial charge on any atom is -0.496 e. The van der Waals surface area contributed by atoms with E-state index in [0.29, 0.717) is 4.83 Å². The van der Waals surface area contributed by atoms with Crippen molar-refractivity contribution in [3.05, 3.63) is 28.2 Å². The van der Waals surface area contributed by atoms with E-state index >= 15 is 0 Å². The molecular weight excluding hydrogens is 332 g/mol. The highest BCUT2D eigenvalue weighted by Gasteiger charge is 2.26. The fourth-order valence-electron chi connectivity index (χ4n) is 2.42. The Kier molecular flexibility index (Phi) is 4.31. The molecule has 1 nitrogen and oxygen atoms in total. The average molecular weight is 348 g/mol. The molecule has 3 heteroatoms. The normalized spacial score (nSPS) is 18.7. The summed E-state index contributed by atoms with van der Waals surface area (Å²) in [6.45, 7) is 0. The predicted octanol–water partition coefficient (Wildman–Crippen LogP) is 5.08. The Morgan fingerprint density at radius 3 is 2.62 bits per heavy atom. The number of hydrogen-bond acceptors (Lipinski definition) is 1. The van der Waals surface area contributed by atoms with E-state index in [9.17, 15) is 0 Å². The van der Waals surface area contributed by atoms with Crippen molar-refractivity contribution in [2.75, 3.05) is 7.11 Å². The van der Waals surface area contributed by atoms with Crippen LogP contribution in [0.3, 0.4) is 0 Å². The summed E-state index contributed by atoms with van der Waals surface area (Å²) in [7, 11) is 1.74. The fraction of sp³-hybridized carbons (Fsp3) is 0.538. The fourth-order valence-corrected chi connectivity index (χ4v) is 3.69. The quantitative estimate of drug-likeness (QED) is 0.692. The Bertz CT molecular complexity index is 359. The van der Waals surface area contributed by atoms with E-state index in [1.807, 2.05) is 12.1 Å². The molecule has 0 bridgehead atoms. The van der Waals surface area contributed by atoms with Crippen molar-refractivity contribution >= 4 is 31.9 Å². The van der Waals surface area contributed by atoms with Crippen LogP contribution in [0.5, 0.6) is 5.75 Å². The molecule has 1 aliphatic carbocycles. The van der Waals surface area contributed by atoms with E-state index in [1.165, 1.54) is 31.2 Å². The zero-order chi connectivity index (χ0) is 11.5. The van der Waals surface area contributed by atoms with E-state index in [-0.39, 0.29) is 0 Å². The first kappa shape index (κ1) is 12.4. The molecule has 0 amide bonds. The van der Waals surface area contributed by atoms with Crippen LogP contribution in [0, 0.1) is 5.92 Å². The number of ether oxygens (including phenoxy) is 1. The zero-order valence-electron chi connectivity index (χ0n) is 9.38. The van der Waals surface area contributed by atoms with Crippen LogP contribution in [0.4, 0.5) is 0 Å². The minimum absolute atomic E-state index is 0.419. The summed E-state index contributed by atoms with van der Waals surface area (Å²) in [4.78, 5) is 0.419. The molecule has 1 unspecified atom stereocenters. The SMILES string of the molecule is COc1ccc(Br)cc1C(Br)C1CCCC1. The van der Waals surface area contributed by atoms with Crippen LogP contribution in [0.2, 0.25) is 0 Å². The van der Waals surface area contributed by atoms with Gasteiger partial charge in [0.25, 0.3) is 0 Å². The Balaban J connectivity index is 2.26. The Morgan fingerprint density at radius 2 is 2.00 bits per heavy atom. The molecule has 1 fully saturated rings. The molecular formula is C13H16Br2O. The number of methoxy groups -OCH3 is 1. The van der Waals surface area contributed by atoms with Crippen molar-refractivity contribution in [2.45, 2.75) is 30.5 Å². The topological polar surface area (TPSA) is 9.23 Å². The number of benzene rings is 1. The second-order valence-electron chi connectivity index (χ2n) is 4.33. The van der Waals surface area contributed by atoms with Crippen molar-refractivity contribution in [3.63, 3.8) is 0 Å². The lowest BCUT2D eigenvalue weighted by atomic mass is 9.97. The second kappa shape index (κ2) is 5.54. The first-order valence-electron chi connectivity index (χ1n) is 5.70. The molecule has 1 saturated carbocycles. The average Bonchev–Trinajstić information content (AvgIpc) is 2.81. The second-order valence-corrected chi connectivity index (χ2v) is 6.23. The Morgan fingerprint density at radius 1 is 1.31 bits per heavy atom. The van der Waals surface area contributed by atoms with Gasteiger partial charge < -0.3 is 4.74 Å². The van der Waals surface area contributed by atoms with Crippen molar-refractivity contribution in [1.29, 1.82) is 0 Å². The molecule has 0 N–H and O–H groups in total. The van der Waals surface area contributed by atoms with Crippen LogP contribution in [-0.2, 0) is 0 Å². The summed E-state index contributed by atoms with van der Waals surface area (Å²) in [6, 6.07) is 6.22. The van der Waals surface area contributed by atoms with Gasteiger partial charge in [-0.15, -0.1) is 0 Å². The monoisotopic (exact) mass is 346 g/mol. The van der Waals surface area contributed by atoms with Gasteiger partial charge in [-0.05, 0) is 37.0 Å². The Hall–Kier alpha value is -0.0200. The van der Waals surface area contributed by atoms with Crippen LogP contribution < -0.4 is 4.74 Å². The van der Waals surface area contributed by atoms with Gasteiger partial charge in [0.1, 0.15) is 5.75 Å². The highest BCUT2D eigenvalue weighted by atomic mass is 79.9. The summed E-state index contributed by atoms with van der Waals surface area (Å²) < 4.78 is 6.55. The molecule has 0 aliphatic heterocycles. The smallest absolute Gasteiger partial charge is 0.123 e. The first-order chi connectivity index (χ1) is 7.72. The maximum Gasteiger partial charge on any atom is 0.123 e. The van der Waals surface area contributed by atoms with Gasteiger partial charge in [0.2, 0.25) is 0 Å². The molecule has 1 aromatic carbocycles. The summed E-state index contributed by atoms with van der Waals surface area (Å²) in [5.74, 6) is 1.74. The van der Waals surface area contributed by atoms with Gasteiger partial charge in [-0.1, -0.05) is 44.7 Å². The molecule has 0 heterocycles. The largest absolute Gasteiger partial charge is 0.496 e. The van der Waals surface area contributed by atoms with Gasteiger partial charge in [-0.2, -0.15) is 0 Å². The van der Waals surface area contributed by atoms with Gasteiger partial charge in [0, 0.05) is 14.9 Å². The number of hydrogen-bond donors (Lipinski definition) is 0. The summed E-state index contributed by atoms with van der Waals surface area (Å²) >= 11 is 7.36. The van der Waals surface area contributed by atoms with E-state index in [4.69, 9.17) is 4.74 Å². The van der Waals surface area contributed by atoms with Gasteiger partial charge >= 0.3 is 0 Å². The number of alkyl halides is 1. The number of halogens is 2. The first-order valence-corrected chi connectivity index (χ1v) is 7.40. The van der Waals surface area contributed by atoms with E-state index < -0.39 is 0 Å². The van der Waals surface area contributed by atoms with Gasteiger partial charge in [-0.25, -0.2) is 0 Å². The lowest BCUT2D eigenvalue weighted by Crippen LogP contribution is -2.04. The molecule has 0 spiro atoms. The summed E-state index contributed by atoms with van der Waals surface area (Å²) in [5.41, 5.74) is 1.27. The molecule has 0 aromatic heterocycles. The molecule has 1 aromatic rings. The Labute approximate surface area is 114 Å². The van der Waals surface area contributed by atoms with Gasteiger partial charge in [0.05, 0.1) is 7.11 Å². The molecule has 88 valence electrons. The molecule has 1 atom stereocenters. The third-order valence-electron chi connectivity index (χ3n) is 3.30. The van der Waals surface area contributed by atoms with Crippen molar-refractivity contribution in [3.8, 4) is 5.75 Å². The molecule has 2 rings (SSSR count). The van der Waals surface area contributed by atoms with Gasteiger partial charge in [0.15, 0.2) is 0 Å². The predicted molar refractivity (Wildman–Crippen MR) is 74.3 cm³/mol. The summed E-state index contributed by atoms with van der Waals surface area (Å²) in [6.07, 6.45) is 5.38. The molecule has 1 aliphatic rings. The summed E-state index contributed by atoms with van der Waals surface area (Å²) in [5, 5.41) is 0. The molecule has 0 saturated heterocycles. The highest BCUT2D eigenvalue weighted by molar-refractivity contribution is 9.10. The molecule has 0 radical (unpaired) electrons. The molecule has 16 heavy (non-hydrogen) atoms. The van der Waals surface area contributed by atoms with Gasteiger partial charge in [-0.3, -0.25) is 0 Å². The van der Waals surface area contributed by atoms with Crippen molar-refractivity contribution < 1.29 is 4.74 Å². The third kappa shape index (κ3) is 2.62. The van der Waals surface area contributed by atoms with Crippen LogP contribution in [0.1, 0.15) is 36.1 Å². The van der Waals surface area contributed by atoms with Crippen LogP contribution in [-0.4, -0.2) is 7.11 Å².